The lowest BCUT2D eigenvalue weighted by molar-refractivity contribution is -0.161. The smallest absolute Gasteiger partial charge is 0.340 e. The lowest BCUT2D eigenvalue weighted by atomic mass is 9.77. The Bertz CT molecular complexity index is 2760. The molecule has 6 aliphatic heterocycles. The zero-order valence-corrected chi connectivity index (χ0v) is 62.9. The van der Waals surface area contributed by atoms with Crippen LogP contribution in [-0.2, 0) is 91.6 Å². The number of aromatic hydroxyl groups is 2. The van der Waals surface area contributed by atoms with Gasteiger partial charge in [-0.2, -0.15) is 6.26 Å². The normalized spacial score (nSPS) is 28.2. The fourth-order valence-electron chi connectivity index (χ4n) is 13.6. The van der Waals surface area contributed by atoms with E-state index in [1.807, 2.05) is 6.66 Å². The van der Waals surface area contributed by atoms with Gasteiger partial charge in [0, 0.05) is 60.4 Å². The molecular weight excluding hydrogens is 1300 g/mol. The number of phenolic OH excluding ortho intramolecular Hbond substituents is 2. The molecule has 0 bridgehead atoms. The van der Waals surface area contributed by atoms with Gasteiger partial charge in [0.1, 0.15) is 29.7 Å². The molecule has 4 saturated heterocycles. The van der Waals surface area contributed by atoms with Crippen molar-refractivity contribution in [2.75, 3.05) is 71.3 Å². The van der Waals surface area contributed by atoms with Crippen LogP contribution in [0.3, 0.4) is 0 Å². The van der Waals surface area contributed by atoms with Crippen molar-refractivity contribution in [1.29, 1.82) is 0 Å². The van der Waals surface area contributed by atoms with Gasteiger partial charge < -0.3 is 82.6 Å². The van der Waals surface area contributed by atoms with E-state index in [4.69, 9.17) is 69.0 Å². The van der Waals surface area contributed by atoms with E-state index in [1.54, 1.807) is 63.7 Å². The van der Waals surface area contributed by atoms with Gasteiger partial charge in [-0.1, -0.05) is 64.2 Å². The number of ether oxygens (including phenoxy) is 7. The zero-order chi connectivity index (χ0) is 67.5. The summed E-state index contributed by atoms with van der Waals surface area (Å²) in [5, 5.41) is 20.1. The first-order chi connectivity index (χ1) is 42.2. The van der Waals surface area contributed by atoms with Crippen LogP contribution in [0.4, 0.5) is 0 Å². The Hall–Kier alpha value is -1.75. The van der Waals surface area contributed by atoms with Crippen LogP contribution < -0.4 is 14.5 Å². The van der Waals surface area contributed by atoms with Gasteiger partial charge in [-0.15, -0.1) is 36.1 Å². The Labute approximate surface area is 561 Å². The number of carbonyl (C=O) groups excluding carboxylic acids is 2. The van der Waals surface area contributed by atoms with Crippen molar-refractivity contribution in [3.05, 3.63) is 82.4 Å². The van der Waals surface area contributed by atoms with Gasteiger partial charge in [0.15, 0.2) is 17.5 Å². The minimum Gasteiger partial charge on any atom is -0.821 e. The van der Waals surface area contributed by atoms with E-state index >= 15 is 0 Å². The van der Waals surface area contributed by atoms with E-state index in [0.717, 1.165) is 89.8 Å². The molecule has 0 aromatic heterocycles. The predicted molar refractivity (Wildman–Crippen MR) is 375 cm³/mol. The Morgan fingerprint density at radius 3 is 1.50 bits per heavy atom. The van der Waals surface area contributed by atoms with Crippen LogP contribution in [0.1, 0.15) is 183 Å². The first-order valence-corrected chi connectivity index (χ1v) is 45.0. The molecule has 3 aromatic carbocycles. The Balaban J connectivity index is 0.000000269. The lowest BCUT2D eigenvalue weighted by Crippen LogP contribution is -2.32. The van der Waals surface area contributed by atoms with Crippen LogP contribution in [-0.4, -0.2) is 142 Å². The molecule has 0 radical (unpaired) electrons. The second kappa shape index (κ2) is 37.7. The summed E-state index contributed by atoms with van der Waals surface area (Å²) in [5.74, 6) is 2.39. The molecule has 23 heteroatoms. The molecule has 90 heavy (non-hydrogen) atoms. The van der Waals surface area contributed by atoms with Crippen molar-refractivity contribution in [3.63, 3.8) is 0 Å². The standard InChI is InChI=1S/C30H30O7.3C9H19O2PS.C9H18O2P.CH4S/c1-18(17-35-2)6-4-3-5-7-26(33)19-8-11-23-22(14-19)29(34)37-30(23)24-12-9-20(31)15-27(24)36-28-16-21(32)10-13-25(28)30;3*1-4-9-8(5-7(2)11-9)6-12(3,10)13;1-4-9-8(6-12(3)10)5-7(2)11-9;1-2/h8-16,18,31-32H,3-7,17H2,1-2H3;3*7-9H,4-6H2,1-3H3,(H,10,13);7-9H,4-6H2,1-3H3;2H,1H3/q;;;;+1;/p-4/t;3*7-,8-,9+,12?;7-,8-,9+;/m.0000./s1. The Morgan fingerprint density at radius 1 is 0.689 bits per heavy atom. The van der Waals surface area contributed by atoms with E-state index in [0.29, 0.717) is 124 Å². The number of ketones is 1. The maximum absolute atomic E-state index is 13.2. The molecule has 0 aliphatic carbocycles. The summed E-state index contributed by atoms with van der Waals surface area (Å²) in [6.07, 6.45) is 12.6. The lowest BCUT2D eigenvalue weighted by Gasteiger charge is -2.36. The summed E-state index contributed by atoms with van der Waals surface area (Å²) in [6, 6.07) is 14.4. The zero-order valence-electron chi connectivity index (χ0n) is 56.1. The van der Waals surface area contributed by atoms with Crippen molar-refractivity contribution in [3.8, 4) is 23.0 Å². The average molecular weight is 1400 g/mol. The van der Waals surface area contributed by atoms with Crippen molar-refractivity contribution in [2.45, 2.75) is 200 Å². The van der Waals surface area contributed by atoms with Gasteiger partial charge in [-0.05, 0) is 191 Å². The van der Waals surface area contributed by atoms with Crippen molar-refractivity contribution < 1.29 is 71.9 Å². The van der Waals surface area contributed by atoms with E-state index in [9.17, 15) is 38.7 Å². The molecule has 15 nitrogen and oxygen atoms in total. The number of carbonyl (C=O) groups is 2. The second-order valence-electron chi connectivity index (χ2n) is 25.8. The number of phenols is 2. The monoisotopic (exact) mass is 1400 g/mol. The molecule has 0 saturated carbocycles. The molecule has 2 N–H and O–H groups in total. The molecule has 0 amide bonds. The molecule has 3 aromatic rings. The molecular formula is C67H105O15P4S4-3. The molecule has 17 atom stereocenters. The number of hydrogen-bond donors (Lipinski definition) is 2. The van der Waals surface area contributed by atoms with Gasteiger partial charge in [0.25, 0.3) is 0 Å². The third-order valence-corrected chi connectivity index (χ3v) is 22.9. The van der Waals surface area contributed by atoms with Crippen LogP contribution in [0.25, 0.3) is 0 Å². The fourth-order valence-corrected chi connectivity index (χ4v) is 20.1. The predicted octanol–water partition coefficient (Wildman–Crippen LogP) is 14.7. The number of hydrogen-bond acceptors (Lipinski definition) is 19. The molecule has 6 aliphatic rings. The summed E-state index contributed by atoms with van der Waals surface area (Å²) < 4.78 is 62.6. The van der Waals surface area contributed by atoms with Gasteiger partial charge in [0.05, 0.1) is 54.4 Å². The molecule has 4 fully saturated rings. The highest BCUT2D eigenvalue weighted by Gasteiger charge is 2.54. The van der Waals surface area contributed by atoms with Gasteiger partial charge in [-0.3, -0.25) is 4.79 Å². The maximum Gasteiger partial charge on any atom is 0.340 e. The average Bonchev–Trinajstić information content (AvgIpc) is 1.40. The van der Waals surface area contributed by atoms with Gasteiger partial charge >= 0.3 is 13.8 Å². The second-order valence-corrected chi connectivity index (χ2v) is 41.6. The number of benzene rings is 3. The molecule has 510 valence electrons. The molecule has 1 spiro atoms. The number of esters is 1. The van der Waals surface area contributed by atoms with E-state index in [-0.39, 0.29) is 35.6 Å². The molecule has 5 unspecified atom stereocenters. The van der Waals surface area contributed by atoms with Crippen molar-refractivity contribution in [1.82, 2.24) is 0 Å². The number of Topliss-reactive ketones (excluding diaryl/α,β-unsaturated/α-hetero) is 1. The van der Waals surface area contributed by atoms with Gasteiger partial charge in [-0.25, -0.2) is 4.79 Å². The van der Waals surface area contributed by atoms with E-state index in [2.05, 4.69) is 74.9 Å². The SMILES string of the molecule is CC[C@H]1O[C@@H](C)C[C@H]1CP(C)(=O)[S-].CC[C@H]1O[C@@H](C)C[C@H]1CP(C)([O-])=S.CC[C@H]1O[C@@H](C)C[C@H]1CP(C)([O-])=S.CC[C@H]1O[C@@H](C)C[C@H]1C[P+](C)=O.COCC(C)CCCCCC(=O)c1ccc2c(c1)C(=O)OC21c2ccc(O)cc2Oc2cc(O)ccc21.C[S-]. The summed E-state index contributed by atoms with van der Waals surface area (Å²) in [6.45, 7) is 26.6. The Morgan fingerprint density at radius 2 is 1.10 bits per heavy atom. The first-order valence-electron chi connectivity index (χ1n) is 32.2. The third kappa shape index (κ3) is 25.0. The quantitative estimate of drug-likeness (QED) is 0.0333. The van der Waals surface area contributed by atoms with Gasteiger partial charge in [0.2, 0.25) is 0 Å². The number of fused-ring (bicyclic) bond motifs is 6. The van der Waals surface area contributed by atoms with Crippen LogP contribution in [0.15, 0.2) is 54.6 Å². The summed E-state index contributed by atoms with van der Waals surface area (Å²) in [5.41, 5.74) is 1.17. The van der Waals surface area contributed by atoms with Crippen LogP contribution >= 0.6 is 26.7 Å². The van der Waals surface area contributed by atoms with Crippen LogP contribution in [0.5, 0.6) is 23.0 Å². The largest absolute Gasteiger partial charge is 0.821 e. The minimum absolute atomic E-state index is 0.00357. The minimum atomic E-state index is -2.29. The number of rotatable bonds is 21. The maximum atomic E-state index is 13.2. The molecule has 9 rings (SSSR count). The summed E-state index contributed by atoms with van der Waals surface area (Å²) in [4.78, 5) is 49.1. The van der Waals surface area contributed by atoms with Crippen molar-refractivity contribution >= 4 is 86.9 Å². The van der Waals surface area contributed by atoms with E-state index in [1.165, 1.54) is 24.3 Å². The third-order valence-electron chi connectivity index (χ3n) is 17.2. The topological polar surface area (TPSA) is 219 Å². The van der Waals surface area contributed by atoms with Crippen LogP contribution in [0.2, 0.25) is 0 Å². The number of unbranched alkanes of at least 4 members (excludes halogenated alkanes) is 2. The van der Waals surface area contributed by atoms with E-state index < -0.39 is 38.2 Å². The molecule has 6 heterocycles. The first kappa shape index (κ1) is 80.7. The highest BCUT2D eigenvalue weighted by molar-refractivity contribution is 8.36. The van der Waals surface area contributed by atoms with Crippen LogP contribution in [0, 0.1) is 29.6 Å². The summed E-state index contributed by atoms with van der Waals surface area (Å²) in [7, 11) is 0.714. The summed E-state index contributed by atoms with van der Waals surface area (Å²) >= 11 is 19.0. The highest BCUT2D eigenvalue weighted by Crippen LogP contribution is 2.57. The number of methoxy groups -OCH3 is 1. The highest BCUT2D eigenvalue weighted by atomic mass is 32.7. The van der Waals surface area contributed by atoms with Crippen molar-refractivity contribution in [2.24, 2.45) is 29.6 Å². The fraction of sp³-hybridized carbons (Fsp3) is 0.701. The Kier molecular flexibility index (Phi) is 33.8.